The molecule has 0 saturated carbocycles. The summed E-state index contributed by atoms with van der Waals surface area (Å²) in [5.74, 6) is 1.10. The minimum absolute atomic E-state index is 0.0152. The highest BCUT2D eigenvalue weighted by atomic mass is 32.2. The third-order valence-corrected chi connectivity index (χ3v) is 6.16. The third-order valence-electron chi connectivity index (χ3n) is 4.10. The minimum atomic E-state index is -3.48. The van der Waals surface area contributed by atoms with Crippen LogP contribution in [0.4, 0.5) is 0 Å². The Balaban J connectivity index is 2.14. The lowest BCUT2D eigenvalue weighted by Gasteiger charge is -2.27. The maximum Gasteiger partial charge on any atom is 0.246 e. The number of furan rings is 1. The fourth-order valence-corrected chi connectivity index (χ4v) is 4.90. The van der Waals surface area contributed by atoms with Gasteiger partial charge in [0, 0.05) is 32.8 Å². The summed E-state index contributed by atoms with van der Waals surface area (Å²) in [6, 6.07) is 1.63. The van der Waals surface area contributed by atoms with Crippen LogP contribution in [0.2, 0.25) is 0 Å². The Hall–Kier alpha value is -0.890. The van der Waals surface area contributed by atoms with Gasteiger partial charge in [-0.3, -0.25) is 0 Å². The summed E-state index contributed by atoms with van der Waals surface area (Å²) in [6.45, 7) is 6.22. The second-order valence-corrected chi connectivity index (χ2v) is 7.80. The first-order chi connectivity index (χ1) is 10.4. The zero-order valence-corrected chi connectivity index (χ0v) is 14.6. The average molecular weight is 330 g/mol. The van der Waals surface area contributed by atoms with E-state index < -0.39 is 10.0 Å². The second-order valence-electron chi connectivity index (χ2n) is 5.94. The quantitative estimate of drug-likeness (QED) is 0.760. The molecule has 1 aliphatic heterocycles. The molecule has 0 radical (unpaired) electrons. The van der Waals surface area contributed by atoms with E-state index in [-0.39, 0.29) is 6.04 Å². The molecule has 0 bridgehead atoms. The molecule has 22 heavy (non-hydrogen) atoms. The molecule has 0 spiro atoms. The van der Waals surface area contributed by atoms with Crippen molar-refractivity contribution in [3.8, 4) is 0 Å². The van der Waals surface area contributed by atoms with Gasteiger partial charge in [0.1, 0.15) is 16.4 Å². The van der Waals surface area contributed by atoms with E-state index in [1.165, 1.54) is 0 Å². The number of hydrogen-bond acceptors (Lipinski definition) is 5. The molecule has 0 N–H and O–H groups in total. The molecule has 1 fully saturated rings. The Kier molecular flexibility index (Phi) is 5.65. The van der Waals surface area contributed by atoms with Gasteiger partial charge in [0.25, 0.3) is 0 Å². The molecule has 7 heteroatoms. The molecule has 1 atom stereocenters. The van der Waals surface area contributed by atoms with Gasteiger partial charge in [-0.2, -0.15) is 4.31 Å². The molecule has 0 unspecified atom stereocenters. The fraction of sp³-hybridized carbons (Fsp3) is 0.733. The highest BCUT2D eigenvalue weighted by Crippen LogP contribution is 2.29. The molecule has 6 nitrogen and oxygen atoms in total. The molecule has 1 aromatic rings. The predicted octanol–water partition coefficient (Wildman–Crippen LogP) is 1.63. The summed E-state index contributed by atoms with van der Waals surface area (Å²) < 4.78 is 37.9. The van der Waals surface area contributed by atoms with E-state index in [9.17, 15) is 8.42 Å². The van der Waals surface area contributed by atoms with Gasteiger partial charge in [-0.15, -0.1) is 0 Å². The van der Waals surface area contributed by atoms with E-state index in [0.29, 0.717) is 29.6 Å². The van der Waals surface area contributed by atoms with Crippen LogP contribution in [-0.2, 0) is 14.8 Å². The van der Waals surface area contributed by atoms with Crippen LogP contribution in [0.5, 0.6) is 0 Å². The monoisotopic (exact) mass is 330 g/mol. The van der Waals surface area contributed by atoms with Gasteiger partial charge in [-0.1, -0.05) is 0 Å². The Morgan fingerprint density at radius 1 is 1.45 bits per heavy atom. The van der Waals surface area contributed by atoms with E-state index >= 15 is 0 Å². The number of ether oxygens (including phenoxy) is 1. The number of nitrogens with zero attached hydrogens (tertiary/aromatic N) is 2. The molecule has 2 rings (SSSR count). The largest absolute Gasteiger partial charge is 0.465 e. The van der Waals surface area contributed by atoms with Crippen molar-refractivity contribution in [1.82, 2.24) is 9.21 Å². The van der Waals surface area contributed by atoms with Gasteiger partial charge in [-0.05, 0) is 39.8 Å². The number of likely N-dealkylation sites (N-methyl/N-ethyl adjacent to an activating group) is 1. The Morgan fingerprint density at radius 3 is 2.77 bits per heavy atom. The van der Waals surface area contributed by atoms with Crippen LogP contribution in [-0.4, -0.2) is 64.1 Å². The van der Waals surface area contributed by atoms with Crippen LogP contribution in [0.1, 0.15) is 24.4 Å². The Morgan fingerprint density at radius 2 is 2.18 bits per heavy atom. The summed E-state index contributed by atoms with van der Waals surface area (Å²) in [4.78, 5) is 2.42. The molecular formula is C15H26N2O4S. The maximum atomic E-state index is 12.9. The van der Waals surface area contributed by atoms with Crippen molar-refractivity contribution in [2.45, 2.75) is 37.6 Å². The maximum absolute atomic E-state index is 12.9. The van der Waals surface area contributed by atoms with Gasteiger partial charge in [0.2, 0.25) is 10.0 Å². The zero-order chi connectivity index (χ0) is 16.3. The van der Waals surface area contributed by atoms with Gasteiger partial charge in [0.15, 0.2) is 0 Å². The fourth-order valence-electron chi connectivity index (χ4n) is 3.00. The lowest BCUT2D eigenvalue weighted by molar-refractivity contribution is 0.151. The SMILES string of the molecule is COCCN(C)C[C@H]1CCCN1S(=O)(=O)c1cc(C)oc1C. The standard InChI is InChI=1S/C15H26N2O4S/c1-12-10-15(13(2)21-12)22(18,19)17-7-5-6-14(17)11-16(3)8-9-20-4/h10,14H,5-9,11H2,1-4H3/t14-/m1/s1. The van der Waals surface area contributed by atoms with Crippen molar-refractivity contribution in [1.29, 1.82) is 0 Å². The molecule has 2 heterocycles. The zero-order valence-electron chi connectivity index (χ0n) is 13.8. The van der Waals surface area contributed by atoms with Crippen molar-refractivity contribution >= 4 is 10.0 Å². The molecule has 0 amide bonds. The molecule has 126 valence electrons. The Labute approximate surface area is 133 Å². The van der Waals surface area contributed by atoms with Crippen molar-refractivity contribution in [3.05, 3.63) is 17.6 Å². The van der Waals surface area contributed by atoms with Crippen LogP contribution in [0.25, 0.3) is 0 Å². The topological polar surface area (TPSA) is 63.0 Å². The number of rotatable bonds is 7. The van der Waals surface area contributed by atoms with Crippen LogP contribution in [0.15, 0.2) is 15.4 Å². The first kappa shape index (κ1) is 17.5. The third kappa shape index (κ3) is 3.71. The van der Waals surface area contributed by atoms with Crippen LogP contribution < -0.4 is 0 Å². The molecule has 1 saturated heterocycles. The van der Waals surface area contributed by atoms with Gasteiger partial charge < -0.3 is 14.1 Å². The smallest absolute Gasteiger partial charge is 0.246 e. The lowest BCUT2D eigenvalue weighted by Crippen LogP contribution is -2.42. The summed E-state index contributed by atoms with van der Waals surface area (Å²) >= 11 is 0. The number of hydrogen-bond donors (Lipinski definition) is 0. The van der Waals surface area contributed by atoms with E-state index in [2.05, 4.69) is 4.90 Å². The van der Waals surface area contributed by atoms with E-state index in [0.717, 1.165) is 25.9 Å². The van der Waals surface area contributed by atoms with Gasteiger partial charge in [0.05, 0.1) is 6.61 Å². The van der Waals surface area contributed by atoms with Crippen molar-refractivity contribution in [2.75, 3.05) is 40.4 Å². The van der Waals surface area contributed by atoms with Gasteiger partial charge >= 0.3 is 0 Å². The normalized spacial score (nSPS) is 20.1. The van der Waals surface area contributed by atoms with Crippen LogP contribution in [0.3, 0.4) is 0 Å². The molecule has 0 aliphatic carbocycles. The summed E-state index contributed by atoms with van der Waals surface area (Å²) in [5.41, 5.74) is 0. The summed E-state index contributed by atoms with van der Waals surface area (Å²) in [6.07, 6.45) is 1.80. The molecule has 1 aliphatic rings. The Bertz CT molecular complexity index is 597. The number of methoxy groups -OCH3 is 1. The van der Waals surface area contributed by atoms with E-state index in [1.807, 2.05) is 7.05 Å². The molecule has 0 aromatic carbocycles. The van der Waals surface area contributed by atoms with Crippen molar-refractivity contribution in [2.24, 2.45) is 0 Å². The minimum Gasteiger partial charge on any atom is -0.465 e. The highest BCUT2D eigenvalue weighted by Gasteiger charge is 2.37. The summed E-state index contributed by atoms with van der Waals surface area (Å²) in [7, 11) is 0.184. The number of aryl methyl sites for hydroxylation is 2. The lowest BCUT2D eigenvalue weighted by atomic mass is 10.2. The molecular weight excluding hydrogens is 304 g/mol. The second kappa shape index (κ2) is 7.12. The first-order valence-corrected chi connectivity index (χ1v) is 9.06. The summed E-state index contributed by atoms with van der Waals surface area (Å²) in [5, 5.41) is 0. The van der Waals surface area contributed by atoms with E-state index in [1.54, 1.807) is 31.3 Å². The van der Waals surface area contributed by atoms with Crippen molar-refractivity contribution in [3.63, 3.8) is 0 Å². The van der Waals surface area contributed by atoms with Crippen LogP contribution in [0, 0.1) is 13.8 Å². The molecule has 1 aromatic heterocycles. The van der Waals surface area contributed by atoms with Crippen molar-refractivity contribution < 1.29 is 17.6 Å². The first-order valence-electron chi connectivity index (χ1n) is 7.62. The average Bonchev–Trinajstić information content (AvgIpc) is 3.03. The van der Waals surface area contributed by atoms with Crippen LogP contribution >= 0.6 is 0 Å². The number of sulfonamides is 1. The highest BCUT2D eigenvalue weighted by molar-refractivity contribution is 7.89. The predicted molar refractivity (Wildman–Crippen MR) is 84.5 cm³/mol. The van der Waals surface area contributed by atoms with E-state index in [4.69, 9.17) is 9.15 Å². The van der Waals surface area contributed by atoms with Gasteiger partial charge in [-0.25, -0.2) is 8.42 Å².